The van der Waals surface area contributed by atoms with E-state index < -0.39 is 6.04 Å². The van der Waals surface area contributed by atoms with Gasteiger partial charge in [0.05, 0.1) is 6.42 Å². The summed E-state index contributed by atoms with van der Waals surface area (Å²) in [6, 6.07) is 14.8. The quantitative estimate of drug-likeness (QED) is 0.616. The molecule has 0 aliphatic heterocycles. The van der Waals surface area contributed by atoms with E-state index in [0.717, 1.165) is 31.2 Å². The molecule has 6 heteroatoms. The van der Waals surface area contributed by atoms with E-state index in [4.69, 9.17) is 23.2 Å². The molecule has 0 unspecified atom stereocenters. The van der Waals surface area contributed by atoms with E-state index in [1.807, 2.05) is 30.3 Å². The molecule has 1 aliphatic rings. The van der Waals surface area contributed by atoms with Crippen molar-refractivity contribution in [3.05, 3.63) is 69.7 Å². The van der Waals surface area contributed by atoms with Gasteiger partial charge in [-0.25, -0.2) is 0 Å². The van der Waals surface area contributed by atoms with Gasteiger partial charge in [-0.05, 0) is 49.4 Å². The SMILES string of the molecule is C[C@H](C(=O)NC1CCCC1)N(CCc1ccccc1)C(=O)Cc1ccc(Cl)cc1Cl. The van der Waals surface area contributed by atoms with Gasteiger partial charge in [-0.1, -0.05) is 72.4 Å². The van der Waals surface area contributed by atoms with Gasteiger partial charge in [-0.15, -0.1) is 0 Å². The number of carbonyl (C=O) groups is 2. The Morgan fingerprint density at radius 1 is 1.10 bits per heavy atom. The zero-order valence-electron chi connectivity index (χ0n) is 17.2. The largest absolute Gasteiger partial charge is 0.352 e. The lowest BCUT2D eigenvalue weighted by molar-refractivity contribution is -0.139. The molecular weight excluding hydrogens is 419 g/mol. The Kier molecular flexibility index (Phi) is 8.17. The number of rotatable bonds is 8. The molecule has 0 spiro atoms. The lowest BCUT2D eigenvalue weighted by Crippen LogP contribution is -2.51. The predicted octanol–water partition coefficient (Wildman–Crippen LogP) is 5.05. The molecule has 1 N–H and O–H groups in total. The molecule has 1 saturated carbocycles. The maximum absolute atomic E-state index is 13.2. The number of hydrogen-bond acceptors (Lipinski definition) is 2. The van der Waals surface area contributed by atoms with Crippen LogP contribution in [0.5, 0.6) is 0 Å². The first-order valence-corrected chi connectivity index (χ1v) is 11.3. The molecular formula is C24H28Cl2N2O2. The van der Waals surface area contributed by atoms with Crippen LogP contribution in [-0.4, -0.2) is 35.3 Å². The van der Waals surface area contributed by atoms with Crippen molar-refractivity contribution in [3.8, 4) is 0 Å². The second kappa shape index (κ2) is 10.8. The Hall–Kier alpha value is -2.04. The molecule has 2 aromatic carbocycles. The Balaban J connectivity index is 1.72. The van der Waals surface area contributed by atoms with Crippen LogP contribution in [0.3, 0.4) is 0 Å². The highest BCUT2D eigenvalue weighted by Gasteiger charge is 2.28. The van der Waals surface area contributed by atoms with Crippen molar-refractivity contribution >= 4 is 35.0 Å². The van der Waals surface area contributed by atoms with E-state index in [-0.39, 0.29) is 24.3 Å². The molecule has 0 aromatic heterocycles. The van der Waals surface area contributed by atoms with Crippen LogP contribution in [0, 0.1) is 0 Å². The van der Waals surface area contributed by atoms with Crippen LogP contribution < -0.4 is 5.32 Å². The highest BCUT2D eigenvalue weighted by Crippen LogP contribution is 2.23. The van der Waals surface area contributed by atoms with E-state index in [0.29, 0.717) is 28.6 Å². The zero-order valence-corrected chi connectivity index (χ0v) is 18.8. The summed E-state index contributed by atoms with van der Waals surface area (Å²) in [6.07, 6.45) is 5.12. The molecule has 1 atom stereocenters. The summed E-state index contributed by atoms with van der Waals surface area (Å²) in [5.74, 6) is -0.213. The second-order valence-corrected chi connectivity index (χ2v) is 8.74. The summed E-state index contributed by atoms with van der Waals surface area (Å²) < 4.78 is 0. The van der Waals surface area contributed by atoms with Crippen molar-refractivity contribution in [2.75, 3.05) is 6.54 Å². The van der Waals surface area contributed by atoms with Crippen molar-refractivity contribution in [3.63, 3.8) is 0 Å². The summed E-state index contributed by atoms with van der Waals surface area (Å²) in [5.41, 5.74) is 1.84. The van der Waals surface area contributed by atoms with Crippen LogP contribution in [0.15, 0.2) is 48.5 Å². The number of halogens is 2. The lowest BCUT2D eigenvalue weighted by Gasteiger charge is -2.30. The predicted molar refractivity (Wildman–Crippen MR) is 122 cm³/mol. The van der Waals surface area contributed by atoms with Gasteiger partial charge in [0.15, 0.2) is 0 Å². The number of carbonyl (C=O) groups excluding carboxylic acids is 2. The molecule has 2 aromatic rings. The first kappa shape index (κ1) is 22.6. The number of benzene rings is 2. The molecule has 1 aliphatic carbocycles. The van der Waals surface area contributed by atoms with Crippen LogP contribution in [-0.2, 0) is 22.4 Å². The summed E-state index contributed by atoms with van der Waals surface area (Å²) in [5, 5.41) is 4.11. The Labute approximate surface area is 188 Å². The molecule has 3 rings (SSSR count). The molecule has 0 saturated heterocycles. The van der Waals surface area contributed by atoms with Crippen LogP contribution >= 0.6 is 23.2 Å². The van der Waals surface area contributed by atoms with Gasteiger partial charge in [0.25, 0.3) is 0 Å². The molecule has 30 heavy (non-hydrogen) atoms. The topological polar surface area (TPSA) is 49.4 Å². The summed E-state index contributed by atoms with van der Waals surface area (Å²) in [7, 11) is 0. The average Bonchev–Trinajstić information content (AvgIpc) is 3.24. The van der Waals surface area contributed by atoms with Crippen molar-refractivity contribution < 1.29 is 9.59 Å². The van der Waals surface area contributed by atoms with E-state index in [9.17, 15) is 9.59 Å². The van der Waals surface area contributed by atoms with Crippen LogP contribution in [0.2, 0.25) is 10.0 Å². The fourth-order valence-corrected chi connectivity index (χ4v) is 4.37. The third-order valence-corrected chi connectivity index (χ3v) is 6.30. The highest BCUT2D eigenvalue weighted by atomic mass is 35.5. The summed E-state index contributed by atoms with van der Waals surface area (Å²) >= 11 is 12.2. The number of amides is 2. The minimum Gasteiger partial charge on any atom is -0.352 e. The zero-order chi connectivity index (χ0) is 21.5. The molecule has 1 fully saturated rings. The van der Waals surface area contributed by atoms with Crippen molar-refractivity contribution in [2.45, 2.75) is 57.5 Å². The van der Waals surface area contributed by atoms with Gasteiger partial charge in [0, 0.05) is 22.6 Å². The Bertz CT molecular complexity index is 867. The number of nitrogens with one attached hydrogen (secondary N) is 1. The highest BCUT2D eigenvalue weighted by molar-refractivity contribution is 6.35. The van der Waals surface area contributed by atoms with E-state index in [2.05, 4.69) is 5.32 Å². The monoisotopic (exact) mass is 446 g/mol. The van der Waals surface area contributed by atoms with Gasteiger partial charge in [-0.2, -0.15) is 0 Å². The minimum absolute atomic E-state index is 0.0921. The van der Waals surface area contributed by atoms with E-state index >= 15 is 0 Å². The number of nitrogens with zero attached hydrogens (tertiary/aromatic N) is 1. The van der Waals surface area contributed by atoms with Crippen molar-refractivity contribution in [2.24, 2.45) is 0 Å². The second-order valence-electron chi connectivity index (χ2n) is 7.90. The molecule has 160 valence electrons. The van der Waals surface area contributed by atoms with Crippen molar-refractivity contribution in [1.82, 2.24) is 10.2 Å². The first-order valence-electron chi connectivity index (χ1n) is 10.5. The smallest absolute Gasteiger partial charge is 0.242 e. The van der Waals surface area contributed by atoms with E-state index in [1.165, 1.54) is 0 Å². The van der Waals surface area contributed by atoms with Gasteiger partial charge in [-0.3, -0.25) is 9.59 Å². The van der Waals surface area contributed by atoms with Crippen LogP contribution in [0.1, 0.15) is 43.7 Å². The molecule has 0 bridgehead atoms. The molecule has 0 heterocycles. The fourth-order valence-electron chi connectivity index (χ4n) is 3.89. The summed E-state index contributed by atoms with van der Waals surface area (Å²) in [6.45, 7) is 2.27. The molecule has 4 nitrogen and oxygen atoms in total. The van der Waals surface area contributed by atoms with Gasteiger partial charge >= 0.3 is 0 Å². The van der Waals surface area contributed by atoms with Gasteiger partial charge in [0.1, 0.15) is 6.04 Å². The standard InChI is InChI=1S/C24H28Cl2N2O2/c1-17(24(30)27-21-9-5-6-10-21)28(14-13-18-7-3-2-4-8-18)23(29)15-19-11-12-20(25)16-22(19)26/h2-4,7-8,11-12,16-17,21H,5-6,9-10,13-15H2,1H3,(H,27,30)/t17-/m1/s1. The van der Waals surface area contributed by atoms with E-state index in [1.54, 1.807) is 30.0 Å². The maximum Gasteiger partial charge on any atom is 0.242 e. The Morgan fingerprint density at radius 2 is 1.80 bits per heavy atom. The normalized spacial score (nSPS) is 15.0. The van der Waals surface area contributed by atoms with Gasteiger partial charge < -0.3 is 10.2 Å². The van der Waals surface area contributed by atoms with Crippen LogP contribution in [0.25, 0.3) is 0 Å². The number of hydrogen-bond donors (Lipinski definition) is 1. The third kappa shape index (κ3) is 6.23. The van der Waals surface area contributed by atoms with Crippen molar-refractivity contribution in [1.29, 1.82) is 0 Å². The third-order valence-electron chi connectivity index (χ3n) is 5.71. The summed E-state index contributed by atoms with van der Waals surface area (Å²) in [4.78, 5) is 27.7. The maximum atomic E-state index is 13.2. The van der Waals surface area contributed by atoms with Crippen LogP contribution in [0.4, 0.5) is 0 Å². The molecule has 2 amide bonds. The lowest BCUT2D eigenvalue weighted by atomic mass is 10.1. The fraction of sp³-hybridized carbons (Fsp3) is 0.417. The van der Waals surface area contributed by atoms with Gasteiger partial charge in [0.2, 0.25) is 11.8 Å². The Morgan fingerprint density at radius 3 is 2.47 bits per heavy atom. The first-order chi connectivity index (χ1) is 14.4. The molecule has 0 radical (unpaired) electrons. The minimum atomic E-state index is -0.548. The average molecular weight is 447 g/mol.